The van der Waals surface area contributed by atoms with Crippen LogP contribution in [0.3, 0.4) is 0 Å². The number of ketones is 1. The van der Waals surface area contributed by atoms with Gasteiger partial charge in [0.25, 0.3) is 0 Å². The molecule has 5 rings (SSSR count). The minimum Gasteiger partial charge on any atom is -0.390 e. The number of carbonyl (C=O) groups is 1. The predicted octanol–water partition coefficient (Wildman–Crippen LogP) is 1.11. The second-order valence-corrected chi connectivity index (χ2v) is 13.7. The van der Waals surface area contributed by atoms with E-state index in [1.54, 1.807) is 0 Å². The first kappa shape index (κ1) is 25.1. The zero-order valence-electron chi connectivity index (χ0n) is 21.1. The fraction of sp³-hybridized carbons (Fsp3) is 0.963. The Kier molecular flexibility index (Phi) is 5.70. The normalized spacial score (nSPS) is 61.1. The average molecular weight is 481 g/mol. The van der Waals surface area contributed by atoms with Gasteiger partial charge in [0.05, 0.1) is 35.9 Å². The summed E-state index contributed by atoms with van der Waals surface area (Å²) < 4.78 is 0. The van der Waals surface area contributed by atoms with E-state index >= 15 is 0 Å². The molecule has 7 nitrogen and oxygen atoms in total. The smallest absolute Gasteiger partial charge is 0.143 e. The van der Waals surface area contributed by atoms with Crippen LogP contribution in [0.1, 0.15) is 66.7 Å². The SMILES string of the molecule is CC(C)C[C@]1(O)C[C@@H](C)[C@H]2[C@@H]1C(=O)[C@@H]1[C@@H]3[C@@H](O)[C@H](O)[C@H]4C[C@H](O)[C@@H](O)[C@@H](O)[C@]4(C)[C@H]3CC[C@]21C. The molecular formula is C27H44O7. The number of Topliss-reactive ketones (excluding diaryl/α,β-unsaturated/α-hetero) is 1. The van der Waals surface area contributed by atoms with Gasteiger partial charge in [-0.1, -0.05) is 34.6 Å². The van der Waals surface area contributed by atoms with Gasteiger partial charge in [0.1, 0.15) is 11.9 Å². The Morgan fingerprint density at radius 1 is 0.971 bits per heavy atom. The van der Waals surface area contributed by atoms with Gasteiger partial charge in [-0.25, -0.2) is 0 Å². The summed E-state index contributed by atoms with van der Waals surface area (Å²) in [6.45, 7) is 10.2. The molecule has 5 aliphatic carbocycles. The molecule has 6 N–H and O–H groups in total. The van der Waals surface area contributed by atoms with Crippen molar-refractivity contribution in [2.75, 3.05) is 0 Å². The second kappa shape index (κ2) is 7.72. The van der Waals surface area contributed by atoms with E-state index in [0.29, 0.717) is 19.3 Å². The third kappa shape index (κ3) is 2.94. The second-order valence-electron chi connectivity index (χ2n) is 13.7. The number of carbonyl (C=O) groups excluding carboxylic acids is 1. The van der Waals surface area contributed by atoms with E-state index in [-0.39, 0.29) is 35.9 Å². The zero-order chi connectivity index (χ0) is 25.1. The van der Waals surface area contributed by atoms with Gasteiger partial charge in [-0.2, -0.15) is 0 Å². The Hall–Kier alpha value is -0.570. The van der Waals surface area contributed by atoms with Gasteiger partial charge in [0.2, 0.25) is 0 Å². The molecule has 0 aromatic rings. The number of aliphatic hydroxyl groups excluding tert-OH is 5. The Morgan fingerprint density at radius 3 is 2.24 bits per heavy atom. The molecular weight excluding hydrogens is 436 g/mol. The molecule has 7 heteroatoms. The highest BCUT2D eigenvalue weighted by Gasteiger charge is 2.75. The van der Waals surface area contributed by atoms with Crippen LogP contribution in [-0.4, -0.2) is 72.5 Å². The molecule has 0 aromatic carbocycles. The van der Waals surface area contributed by atoms with Gasteiger partial charge in [0.15, 0.2) is 0 Å². The molecule has 0 aromatic heterocycles. The minimum absolute atomic E-state index is 0.00822. The van der Waals surface area contributed by atoms with Crippen molar-refractivity contribution in [3.05, 3.63) is 0 Å². The molecule has 0 saturated heterocycles. The van der Waals surface area contributed by atoms with Crippen LogP contribution in [0, 0.1) is 58.2 Å². The van der Waals surface area contributed by atoms with Crippen LogP contribution in [0.5, 0.6) is 0 Å². The molecule has 0 amide bonds. The molecule has 5 fully saturated rings. The van der Waals surface area contributed by atoms with Gasteiger partial charge in [-0.05, 0) is 67.1 Å². The lowest BCUT2D eigenvalue weighted by Crippen LogP contribution is -2.71. The third-order valence-corrected chi connectivity index (χ3v) is 11.5. The first-order valence-electron chi connectivity index (χ1n) is 13.4. The first-order chi connectivity index (χ1) is 15.7. The quantitative estimate of drug-likeness (QED) is 0.348. The number of hydrogen-bond donors (Lipinski definition) is 6. The van der Waals surface area contributed by atoms with E-state index in [0.717, 1.165) is 6.42 Å². The highest BCUT2D eigenvalue weighted by atomic mass is 16.4. The lowest BCUT2D eigenvalue weighted by molar-refractivity contribution is -0.272. The lowest BCUT2D eigenvalue weighted by atomic mass is 9.42. The standard InChI is InChI=1S/C27H44O7/c1-11(2)9-27(34)10-12(3)17-19(27)23(32)18-16-13(6-7-25(17,18)4)26(5)14(20(29)22(16)31)8-15(28)21(30)24(26)33/h11-22,24,28-31,33-34H,6-10H2,1-5H3/t12-,13+,14-,15+,16-,17+,18+,19-,20-,21-,22-,24-,25-,26-,27+/m1/s1. The Labute approximate surface area is 202 Å². The van der Waals surface area contributed by atoms with Crippen molar-refractivity contribution < 1.29 is 35.4 Å². The summed E-state index contributed by atoms with van der Waals surface area (Å²) in [5, 5.41) is 66.5. The molecule has 5 aliphatic rings. The van der Waals surface area contributed by atoms with Crippen molar-refractivity contribution in [3.63, 3.8) is 0 Å². The summed E-state index contributed by atoms with van der Waals surface area (Å²) in [5.41, 5.74) is -2.38. The highest BCUT2D eigenvalue weighted by molar-refractivity contribution is 5.89. The molecule has 0 aliphatic heterocycles. The summed E-state index contributed by atoms with van der Waals surface area (Å²) >= 11 is 0. The summed E-state index contributed by atoms with van der Waals surface area (Å²) in [6, 6.07) is 0. The van der Waals surface area contributed by atoms with Gasteiger partial charge in [-0.3, -0.25) is 4.79 Å². The molecule has 15 atom stereocenters. The maximum absolute atomic E-state index is 14.2. The predicted molar refractivity (Wildman–Crippen MR) is 124 cm³/mol. The van der Waals surface area contributed by atoms with Crippen molar-refractivity contribution in [2.24, 2.45) is 58.2 Å². The van der Waals surface area contributed by atoms with E-state index < -0.39 is 70.6 Å². The van der Waals surface area contributed by atoms with Crippen LogP contribution < -0.4 is 0 Å². The van der Waals surface area contributed by atoms with Crippen molar-refractivity contribution in [1.82, 2.24) is 0 Å². The monoisotopic (exact) mass is 480 g/mol. The summed E-state index contributed by atoms with van der Waals surface area (Å²) in [7, 11) is 0. The Balaban J connectivity index is 1.58. The topological polar surface area (TPSA) is 138 Å². The van der Waals surface area contributed by atoms with E-state index in [1.165, 1.54) is 0 Å². The van der Waals surface area contributed by atoms with Crippen LogP contribution in [0.4, 0.5) is 0 Å². The molecule has 5 saturated carbocycles. The number of hydrogen-bond acceptors (Lipinski definition) is 7. The Morgan fingerprint density at radius 2 is 1.62 bits per heavy atom. The fourth-order valence-electron chi connectivity index (χ4n) is 10.5. The van der Waals surface area contributed by atoms with Crippen LogP contribution in [-0.2, 0) is 4.79 Å². The zero-order valence-corrected chi connectivity index (χ0v) is 21.1. The Bertz CT molecular complexity index is 847. The van der Waals surface area contributed by atoms with Gasteiger partial charge in [-0.15, -0.1) is 0 Å². The van der Waals surface area contributed by atoms with Crippen LogP contribution in [0.25, 0.3) is 0 Å². The third-order valence-electron chi connectivity index (χ3n) is 11.5. The first-order valence-corrected chi connectivity index (χ1v) is 13.4. The molecule has 194 valence electrons. The minimum atomic E-state index is -1.33. The summed E-state index contributed by atoms with van der Waals surface area (Å²) in [6.07, 6.45) is -3.43. The summed E-state index contributed by atoms with van der Waals surface area (Å²) in [5.74, 6) is -1.94. The molecule has 0 heterocycles. The van der Waals surface area contributed by atoms with E-state index in [4.69, 9.17) is 0 Å². The average Bonchev–Trinajstić information content (AvgIpc) is 3.15. The van der Waals surface area contributed by atoms with E-state index in [1.807, 2.05) is 6.92 Å². The molecule has 0 spiro atoms. The largest absolute Gasteiger partial charge is 0.390 e. The van der Waals surface area contributed by atoms with Crippen molar-refractivity contribution in [2.45, 2.75) is 103 Å². The fourth-order valence-corrected chi connectivity index (χ4v) is 10.5. The van der Waals surface area contributed by atoms with Crippen molar-refractivity contribution in [3.8, 4) is 0 Å². The van der Waals surface area contributed by atoms with Crippen LogP contribution in [0.15, 0.2) is 0 Å². The van der Waals surface area contributed by atoms with Gasteiger partial charge in [0, 0.05) is 17.3 Å². The number of aliphatic hydroxyl groups is 6. The van der Waals surface area contributed by atoms with Crippen molar-refractivity contribution >= 4 is 5.78 Å². The van der Waals surface area contributed by atoms with E-state index in [2.05, 4.69) is 27.7 Å². The van der Waals surface area contributed by atoms with Gasteiger partial charge >= 0.3 is 0 Å². The number of rotatable bonds is 2. The van der Waals surface area contributed by atoms with Gasteiger partial charge < -0.3 is 30.6 Å². The van der Waals surface area contributed by atoms with Crippen LogP contribution in [0.2, 0.25) is 0 Å². The van der Waals surface area contributed by atoms with Crippen molar-refractivity contribution in [1.29, 1.82) is 0 Å². The summed E-state index contributed by atoms with van der Waals surface area (Å²) in [4.78, 5) is 14.2. The maximum Gasteiger partial charge on any atom is 0.143 e. The molecule has 0 unspecified atom stereocenters. The molecule has 0 radical (unpaired) electrons. The molecule has 0 bridgehead atoms. The number of fused-ring (bicyclic) bond motifs is 7. The van der Waals surface area contributed by atoms with E-state index in [9.17, 15) is 35.4 Å². The van der Waals surface area contributed by atoms with Crippen LogP contribution >= 0.6 is 0 Å². The highest BCUT2D eigenvalue weighted by Crippen LogP contribution is 2.71. The maximum atomic E-state index is 14.2. The molecule has 34 heavy (non-hydrogen) atoms. The lowest BCUT2D eigenvalue weighted by Gasteiger charge is -2.64.